The maximum Gasteiger partial charge on any atom is 0.253 e. The highest BCUT2D eigenvalue weighted by Gasteiger charge is 2.16. The molecule has 1 atom stereocenters. The summed E-state index contributed by atoms with van der Waals surface area (Å²) in [5.41, 5.74) is 6.20. The number of amides is 2. The molecule has 0 heterocycles. The van der Waals surface area contributed by atoms with Gasteiger partial charge in [-0.3, -0.25) is 9.59 Å². The number of halogens is 1. The zero-order valence-electron chi connectivity index (χ0n) is 12.1. The third-order valence-corrected chi connectivity index (χ3v) is 3.08. The summed E-state index contributed by atoms with van der Waals surface area (Å²) in [5.74, 6) is -0.563. The molecule has 2 amide bonds. The normalized spacial score (nSPS) is 11.8. The molecule has 1 rings (SSSR count). The van der Waals surface area contributed by atoms with E-state index < -0.39 is 0 Å². The second-order valence-corrected chi connectivity index (χ2v) is 4.83. The van der Waals surface area contributed by atoms with E-state index in [9.17, 15) is 9.59 Å². The fraction of sp³-hybridized carbons (Fsp3) is 0.429. The summed E-state index contributed by atoms with van der Waals surface area (Å²) in [6.45, 7) is 2.55. The van der Waals surface area contributed by atoms with Gasteiger partial charge in [-0.2, -0.15) is 0 Å². The topological polar surface area (TPSA) is 93.5 Å². The minimum atomic E-state index is -0.364. The van der Waals surface area contributed by atoms with Gasteiger partial charge in [-0.05, 0) is 25.1 Å². The van der Waals surface area contributed by atoms with Gasteiger partial charge in [-0.15, -0.1) is 0 Å². The smallest absolute Gasteiger partial charge is 0.253 e. The number of rotatable bonds is 7. The van der Waals surface area contributed by atoms with E-state index >= 15 is 0 Å². The Morgan fingerprint density at radius 2 is 2.14 bits per heavy atom. The molecule has 116 valence electrons. The molecule has 0 aliphatic rings. The fourth-order valence-electron chi connectivity index (χ4n) is 1.74. The molecular weight excluding hydrogens is 294 g/mol. The van der Waals surface area contributed by atoms with E-state index in [0.29, 0.717) is 22.8 Å². The van der Waals surface area contributed by atoms with Crippen molar-refractivity contribution in [3.63, 3.8) is 0 Å². The number of carbonyl (C=O) groups excluding carboxylic acids is 2. The predicted octanol–water partition coefficient (Wildman–Crippen LogP) is 1.39. The quantitative estimate of drug-likeness (QED) is 0.709. The third kappa shape index (κ3) is 5.34. The van der Waals surface area contributed by atoms with Crippen molar-refractivity contribution in [1.29, 1.82) is 0 Å². The Kier molecular flexibility index (Phi) is 7.14. The predicted molar refractivity (Wildman–Crippen MR) is 82.6 cm³/mol. The number of ether oxygens (including phenoxy) is 1. The number of nitrogens with one attached hydrogen (secondary N) is 2. The number of hydrogen-bond donors (Lipinski definition) is 3. The molecular formula is C14H20ClN3O3. The van der Waals surface area contributed by atoms with Crippen molar-refractivity contribution in [3.8, 4) is 0 Å². The molecule has 0 aliphatic heterocycles. The second kappa shape index (κ2) is 8.61. The summed E-state index contributed by atoms with van der Waals surface area (Å²) in [4.78, 5) is 23.9. The molecule has 0 radical (unpaired) electrons. The van der Waals surface area contributed by atoms with Gasteiger partial charge in [0.2, 0.25) is 5.91 Å². The lowest BCUT2D eigenvalue weighted by molar-refractivity contribution is -0.118. The second-order valence-electron chi connectivity index (χ2n) is 4.40. The number of hydrogen-bond acceptors (Lipinski definition) is 4. The van der Waals surface area contributed by atoms with Crippen LogP contribution in [0.3, 0.4) is 0 Å². The monoisotopic (exact) mass is 313 g/mol. The summed E-state index contributed by atoms with van der Waals surface area (Å²) in [7, 11) is 1.49. The first kappa shape index (κ1) is 17.4. The molecule has 0 saturated heterocycles. The lowest BCUT2D eigenvalue weighted by atomic mass is 10.1. The Hall–Kier alpha value is -1.63. The Balaban J connectivity index is 2.88. The molecule has 0 aromatic heterocycles. The van der Waals surface area contributed by atoms with Crippen molar-refractivity contribution in [1.82, 2.24) is 5.32 Å². The van der Waals surface area contributed by atoms with E-state index in [0.717, 1.165) is 0 Å². The Labute approximate surface area is 129 Å². The van der Waals surface area contributed by atoms with Crippen LogP contribution in [0.1, 0.15) is 23.7 Å². The number of carbonyl (C=O) groups is 2. The summed E-state index contributed by atoms with van der Waals surface area (Å²) in [6.07, 6.45) is -0.258. The molecule has 1 unspecified atom stereocenters. The highest BCUT2D eigenvalue weighted by Crippen LogP contribution is 2.21. The lowest BCUT2D eigenvalue weighted by Gasteiger charge is -2.14. The molecule has 7 heteroatoms. The zero-order valence-corrected chi connectivity index (χ0v) is 12.9. The molecule has 4 N–H and O–H groups in total. The average molecular weight is 314 g/mol. The SMILES string of the molecule is CCNC(=O)c1ccc(Cl)cc1NC(=O)CC(CN)OC. The summed E-state index contributed by atoms with van der Waals surface area (Å²) >= 11 is 5.91. The van der Waals surface area contributed by atoms with Gasteiger partial charge < -0.3 is 21.1 Å². The highest BCUT2D eigenvalue weighted by atomic mass is 35.5. The summed E-state index contributed by atoms with van der Waals surface area (Å²) in [5, 5.41) is 5.78. The van der Waals surface area contributed by atoms with E-state index in [1.807, 2.05) is 6.92 Å². The first-order valence-electron chi connectivity index (χ1n) is 6.62. The first-order valence-corrected chi connectivity index (χ1v) is 7.00. The minimum absolute atomic E-state index is 0.106. The zero-order chi connectivity index (χ0) is 15.8. The van der Waals surface area contributed by atoms with Gasteiger partial charge in [0, 0.05) is 25.2 Å². The molecule has 1 aromatic rings. The summed E-state index contributed by atoms with van der Waals surface area (Å²) in [6, 6.07) is 4.70. The van der Waals surface area contributed by atoms with Crippen molar-refractivity contribution >= 4 is 29.1 Å². The van der Waals surface area contributed by atoms with E-state index in [1.165, 1.54) is 13.2 Å². The average Bonchev–Trinajstić information content (AvgIpc) is 2.45. The summed E-state index contributed by atoms with van der Waals surface area (Å²) < 4.78 is 5.06. The van der Waals surface area contributed by atoms with Gasteiger partial charge in [-0.25, -0.2) is 0 Å². The van der Waals surface area contributed by atoms with Crippen molar-refractivity contribution in [3.05, 3.63) is 28.8 Å². The molecule has 21 heavy (non-hydrogen) atoms. The van der Waals surface area contributed by atoms with Gasteiger partial charge >= 0.3 is 0 Å². The Bertz CT molecular complexity index is 504. The number of nitrogens with two attached hydrogens (primary N) is 1. The van der Waals surface area contributed by atoms with Crippen molar-refractivity contribution in [2.45, 2.75) is 19.4 Å². The maximum absolute atomic E-state index is 12.0. The van der Waals surface area contributed by atoms with Gasteiger partial charge in [0.15, 0.2) is 0 Å². The number of methoxy groups -OCH3 is 1. The highest BCUT2D eigenvalue weighted by molar-refractivity contribution is 6.31. The van der Waals surface area contributed by atoms with Gasteiger partial charge in [-0.1, -0.05) is 11.6 Å². The third-order valence-electron chi connectivity index (χ3n) is 2.85. The van der Waals surface area contributed by atoms with Crippen LogP contribution in [-0.2, 0) is 9.53 Å². The number of anilines is 1. The standard InChI is InChI=1S/C14H20ClN3O3/c1-3-17-14(20)11-5-4-9(15)6-12(11)18-13(19)7-10(8-16)21-2/h4-6,10H,3,7-8,16H2,1-2H3,(H,17,20)(H,18,19). The van der Waals surface area contributed by atoms with Gasteiger partial charge in [0.25, 0.3) is 5.91 Å². The maximum atomic E-state index is 12.0. The molecule has 1 aromatic carbocycles. The van der Waals surface area contributed by atoms with Crippen LogP contribution in [0.4, 0.5) is 5.69 Å². The van der Waals surface area contributed by atoms with Crippen LogP contribution in [0.25, 0.3) is 0 Å². The lowest BCUT2D eigenvalue weighted by Crippen LogP contribution is -2.29. The molecule has 0 fully saturated rings. The number of benzene rings is 1. The van der Waals surface area contributed by atoms with Crippen LogP contribution in [0.5, 0.6) is 0 Å². The fourth-order valence-corrected chi connectivity index (χ4v) is 1.92. The van der Waals surface area contributed by atoms with Crippen LogP contribution in [-0.4, -0.2) is 38.1 Å². The molecule has 6 nitrogen and oxygen atoms in total. The molecule has 0 spiro atoms. The van der Waals surface area contributed by atoms with E-state index in [4.69, 9.17) is 22.1 Å². The van der Waals surface area contributed by atoms with Crippen LogP contribution in [0, 0.1) is 0 Å². The van der Waals surface area contributed by atoms with Crippen LogP contribution < -0.4 is 16.4 Å². The first-order chi connectivity index (χ1) is 10.0. The van der Waals surface area contributed by atoms with Crippen molar-refractivity contribution < 1.29 is 14.3 Å². The van der Waals surface area contributed by atoms with E-state index in [1.54, 1.807) is 12.1 Å². The van der Waals surface area contributed by atoms with Crippen molar-refractivity contribution in [2.24, 2.45) is 5.73 Å². The van der Waals surface area contributed by atoms with Crippen molar-refractivity contribution in [2.75, 3.05) is 25.5 Å². The largest absolute Gasteiger partial charge is 0.380 e. The minimum Gasteiger partial charge on any atom is -0.380 e. The van der Waals surface area contributed by atoms with Crippen LogP contribution >= 0.6 is 11.6 Å². The van der Waals surface area contributed by atoms with E-state index in [2.05, 4.69) is 10.6 Å². The Morgan fingerprint density at radius 3 is 2.71 bits per heavy atom. The van der Waals surface area contributed by atoms with Crippen LogP contribution in [0.2, 0.25) is 5.02 Å². The van der Waals surface area contributed by atoms with Gasteiger partial charge in [0.05, 0.1) is 23.8 Å². The molecule has 0 aliphatic carbocycles. The molecule has 0 saturated carbocycles. The van der Waals surface area contributed by atoms with Gasteiger partial charge in [0.1, 0.15) is 0 Å². The molecule has 0 bridgehead atoms. The van der Waals surface area contributed by atoms with Crippen LogP contribution in [0.15, 0.2) is 18.2 Å². The Morgan fingerprint density at radius 1 is 1.43 bits per heavy atom. The van der Waals surface area contributed by atoms with E-state index in [-0.39, 0.29) is 30.9 Å².